The fourth-order valence-corrected chi connectivity index (χ4v) is 3.32. The van der Waals surface area contributed by atoms with Gasteiger partial charge in [0.25, 0.3) is 0 Å². The summed E-state index contributed by atoms with van der Waals surface area (Å²) in [5.74, 6) is -0.293. The molecular weight excluding hydrogens is 314 g/mol. The van der Waals surface area contributed by atoms with Crippen molar-refractivity contribution in [3.63, 3.8) is 0 Å². The van der Waals surface area contributed by atoms with Crippen molar-refractivity contribution < 1.29 is 14.3 Å². The summed E-state index contributed by atoms with van der Waals surface area (Å²) in [6, 6.07) is 0. The molecule has 0 aliphatic heterocycles. The summed E-state index contributed by atoms with van der Waals surface area (Å²) in [7, 11) is 0. The normalized spacial score (nSPS) is 12.8. The maximum Gasteiger partial charge on any atom is 0.243 e. The van der Waals surface area contributed by atoms with E-state index in [9.17, 15) is 4.79 Å². The molecule has 0 spiro atoms. The molecule has 1 unspecified atom stereocenters. The molecule has 0 bridgehead atoms. The molecule has 0 fully saturated rings. The van der Waals surface area contributed by atoms with Crippen LogP contribution < -0.4 is 5.32 Å². The summed E-state index contributed by atoms with van der Waals surface area (Å²) >= 11 is 0. The van der Waals surface area contributed by atoms with E-state index >= 15 is 0 Å². The maximum absolute atomic E-state index is 11.3. The van der Waals surface area contributed by atoms with Gasteiger partial charge in [-0.25, -0.2) is 0 Å². The highest BCUT2D eigenvalue weighted by Gasteiger charge is 2.34. The number of nitrogens with one attached hydrogen (secondary N) is 1. The monoisotopic (exact) mass is 355 g/mol. The molecule has 0 aromatic rings. The summed E-state index contributed by atoms with van der Waals surface area (Å²) in [4.78, 5) is 11.3. The average Bonchev–Trinajstić information content (AvgIpc) is 2.59. The van der Waals surface area contributed by atoms with Gasteiger partial charge in [-0.3, -0.25) is 4.79 Å². The fourth-order valence-electron chi connectivity index (χ4n) is 3.32. The minimum atomic E-state index is -0.532. The van der Waals surface area contributed by atoms with Gasteiger partial charge in [0.2, 0.25) is 5.91 Å². The van der Waals surface area contributed by atoms with E-state index in [-0.39, 0.29) is 5.91 Å². The molecule has 0 rings (SSSR count). The summed E-state index contributed by atoms with van der Waals surface area (Å²) in [6.45, 7) is 13.8. The van der Waals surface area contributed by atoms with Crippen LogP contribution in [-0.4, -0.2) is 31.5 Å². The van der Waals surface area contributed by atoms with Crippen LogP contribution in [0, 0.1) is 5.92 Å². The third-order valence-electron chi connectivity index (χ3n) is 4.72. The van der Waals surface area contributed by atoms with Gasteiger partial charge in [-0.1, -0.05) is 52.0 Å². The summed E-state index contributed by atoms with van der Waals surface area (Å²) in [5.41, 5.74) is 0. The zero-order valence-corrected chi connectivity index (χ0v) is 17.1. The van der Waals surface area contributed by atoms with Gasteiger partial charge in [-0.2, -0.15) is 0 Å². The predicted octanol–water partition coefficient (Wildman–Crippen LogP) is 5.22. The van der Waals surface area contributed by atoms with E-state index in [2.05, 4.69) is 25.7 Å². The van der Waals surface area contributed by atoms with Crippen molar-refractivity contribution in [2.45, 2.75) is 91.3 Å². The van der Waals surface area contributed by atoms with Gasteiger partial charge in [-0.05, 0) is 46.1 Å². The molecule has 1 atom stereocenters. The van der Waals surface area contributed by atoms with Crippen molar-refractivity contribution in [1.29, 1.82) is 0 Å². The number of hydrogen-bond acceptors (Lipinski definition) is 3. The minimum absolute atomic E-state index is 0.107. The van der Waals surface area contributed by atoms with Crippen LogP contribution in [0.5, 0.6) is 0 Å². The van der Waals surface area contributed by atoms with Gasteiger partial charge >= 0.3 is 0 Å². The minimum Gasteiger partial charge on any atom is -0.353 e. The van der Waals surface area contributed by atoms with Crippen LogP contribution in [0.3, 0.4) is 0 Å². The second-order valence-corrected chi connectivity index (χ2v) is 6.77. The van der Waals surface area contributed by atoms with Crippen molar-refractivity contribution in [2.75, 3.05) is 19.8 Å². The maximum atomic E-state index is 11.3. The highest BCUT2D eigenvalue weighted by atomic mass is 16.7. The van der Waals surface area contributed by atoms with Crippen molar-refractivity contribution in [3.8, 4) is 0 Å². The number of unbranched alkanes of at least 4 members (excludes halogenated alkanes) is 5. The van der Waals surface area contributed by atoms with Gasteiger partial charge in [-0.15, -0.1) is 0 Å². The van der Waals surface area contributed by atoms with Crippen molar-refractivity contribution in [2.24, 2.45) is 5.92 Å². The van der Waals surface area contributed by atoms with Gasteiger partial charge < -0.3 is 14.8 Å². The molecule has 0 aromatic carbocycles. The first kappa shape index (κ1) is 24.1. The molecule has 1 N–H and O–H groups in total. The van der Waals surface area contributed by atoms with E-state index in [1.807, 2.05) is 13.8 Å². The number of hydrogen-bond donors (Lipinski definition) is 1. The number of carbonyl (C=O) groups is 1. The first-order valence-electron chi connectivity index (χ1n) is 10.2. The molecule has 0 aliphatic carbocycles. The summed E-state index contributed by atoms with van der Waals surface area (Å²) in [5, 5.41) is 2.85. The van der Waals surface area contributed by atoms with Crippen LogP contribution >= 0.6 is 0 Å². The first-order chi connectivity index (χ1) is 12.0. The van der Waals surface area contributed by atoms with Crippen LogP contribution in [0.2, 0.25) is 0 Å². The third-order valence-corrected chi connectivity index (χ3v) is 4.72. The lowest BCUT2D eigenvalue weighted by atomic mass is 9.88. The zero-order valence-electron chi connectivity index (χ0n) is 17.1. The Labute approximate surface area is 155 Å². The van der Waals surface area contributed by atoms with Gasteiger partial charge in [0.05, 0.1) is 0 Å². The predicted molar refractivity (Wildman–Crippen MR) is 106 cm³/mol. The average molecular weight is 356 g/mol. The van der Waals surface area contributed by atoms with Gasteiger partial charge in [0.15, 0.2) is 5.79 Å². The number of ether oxygens (including phenoxy) is 2. The van der Waals surface area contributed by atoms with Crippen LogP contribution in [0.15, 0.2) is 12.7 Å². The van der Waals surface area contributed by atoms with Crippen molar-refractivity contribution in [3.05, 3.63) is 12.7 Å². The molecule has 25 heavy (non-hydrogen) atoms. The first-order valence-corrected chi connectivity index (χ1v) is 10.2. The van der Waals surface area contributed by atoms with Crippen molar-refractivity contribution in [1.82, 2.24) is 5.32 Å². The molecule has 0 radical (unpaired) electrons. The Kier molecular flexibility index (Phi) is 14.9. The summed E-state index contributed by atoms with van der Waals surface area (Å²) < 4.78 is 12.0. The summed E-state index contributed by atoms with van der Waals surface area (Å²) in [6.07, 6.45) is 12.1. The molecule has 0 aliphatic rings. The Hall–Kier alpha value is -0.870. The molecule has 0 saturated carbocycles. The largest absolute Gasteiger partial charge is 0.353 e. The van der Waals surface area contributed by atoms with Crippen LogP contribution in [-0.2, 0) is 14.3 Å². The number of carbonyl (C=O) groups excluding carboxylic acids is 1. The zero-order chi connectivity index (χ0) is 19.0. The highest BCUT2D eigenvalue weighted by Crippen LogP contribution is 2.32. The number of rotatable bonds is 17. The second-order valence-electron chi connectivity index (χ2n) is 6.77. The molecule has 4 nitrogen and oxygen atoms in total. The molecule has 0 saturated heterocycles. The lowest BCUT2D eigenvalue weighted by molar-refractivity contribution is -0.254. The van der Waals surface area contributed by atoms with Gasteiger partial charge in [0, 0.05) is 25.7 Å². The molecule has 1 amide bonds. The van der Waals surface area contributed by atoms with Gasteiger partial charge in [0.1, 0.15) is 0 Å². The molecule has 4 heteroatoms. The Morgan fingerprint density at radius 3 is 2.12 bits per heavy atom. The van der Waals surface area contributed by atoms with E-state index in [0.717, 1.165) is 19.3 Å². The van der Waals surface area contributed by atoms with Crippen LogP contribution in [0.4, 0.5) is 0 Å². The Balaban J connectivity index is 4.51. The van der Waals surface area contributed by atoms with E-state index in [4.69, 9.17) is 9.47 Å². The molecule has 0 aromatic heterocycles. The van der Waals surface area contributed by atoms with E-state index < -0.39 is 5.79 Å². The topological polar surface area (TPSA) is 47.6 Å². The third kappa shape index (κ3) is 11.4. The standard InChI is InChI=1S/C21H41NO3/c1-6-10-11-12-13-14-16-19(17-15-18-22-20(23)7-2)21(5,24-8-3)25-9-4/h7,19H,2,6,8-18H2,1,3-5H3,(H,22,23). The second kappa shape index (κ2) is 15.4. The van der Waals surface area contributed by atoms with Crippen LogP contribution in [0.1, 0.15) is 85.5 Å². The van der Waals surface area contributed by atoms with E-state index in [1.54, 1.807) is 0 Å². The van der Waals surface area contributed by atoms with E-state index in [0.29, 0.717) is 25.7 Å². The fraction of sp³-hybridized carbons (Fsp3) is 0.857. The molecule has 148 valence electrons. The lowest BCUT2D eigenvalue weighted by Gasteiger charge is -2.37. The SMILES string of the molecule is C=CC(=O)NCCCC(CCCCCCCC)C(C)(OCC)OCC. The van der Waals surface area contributed by atoms with E-state index in [1.165, 1.54) is 44.6 Å². The lowest BCUT2D eigenvalue weighted by Crippen LogP contribution is -2.41. The molecular formula is C21H41NO3. The quantitative estimate of drug-likeness (QED) is 0.221. The highest BCUT2D eigenvalue weighted by molar-refractivity contribution is 5.86. The Morgan fingerprint density at radius 2 is 1.56 bits per heavy atom. The Bertz CT molecular complexity index is 338. The molecule has 0 heterocycles. The van der Waals surface area contributed by atoms with Crippen LogP contribution in [0.25, 0.3) is 0 Å². The Morgan fingerprint density at radius 1 is 1.00 bits per heavy atom. The smallest absolute Gasteiger partial charge is 0.243 e. The number of amides is 1. The van der Waals surface area contributed by atoms with Crippen molar-refractivity contribution >= 4 is 5.91 Å².